The van der Waals surface area contributed by atoms with Gasteiger partial charge < -0.3 is 0 Å². The van der Waals surface area contributed by atoms with E-state index in [0.717, 1.165) is 13.1 Å². The highest BCUT2D eigenvalue weighted by Crippen LogP contribution is 2.32. The molecule has 0 aliphatic carbocycles. The molecular weight excluding hydrogens is 312 g/mol. The SMILES string of the molecule is CS[C@@H]1CN(S(=O)(=O)c2cccs2)C[C@@H]1N1CCCC1. The van der Waals surface area contributed by atoms with Crippen molar-refractivity contribution in [3.8, 4) is 0 Å². The minimum atomic E-state index is -3.29. The summed E-state index contributed by atoms with van der Waals surface area (Å²) in [5.41, 5.74) is 0. The Morgan fingerprint density at radius 2 is 2.05 bits per heavy atom. The van der Waals surface area contributed by atoms with Crippen molar-refractivity contribution in [2.45, 2.75) is 28.3 Å². The van der Waals surface area contributed by atoms with E-state index in [1.54, 1.807) is 28.2 Å². The summed E-state index contributed by atoms with van der Waals surface area (Å²) in [5, 5.41) is 2.22. The summed E-state index contributed by atoms with van der Waals surface area (Å²) in [6.45, 7) is 3.53. The molecule has 2 aliphatic rings. The Labute approximate surface area is 129 Å². The minimum absolute atomic E-state index is 0.377. The monoisotopic (exact) mass is 332 g/mol. The van der Waals surface area contributed by atoms with Crippen molar-refractivity contribution >= 4 is 33.1 Å². The summed E-state index contributed by atoms with van der Waals surface area (Å²) in [5.74, 6) is 0. The first-order chi connectivity index (χ1) is 9.63. The Bertz CT molecular complexity index is 538. The fourth-order valence-electron chi connectivity index (χ4n) is 3.11. The van der Waals surface area contributed by atoms with Crippen molar-refractivity contribution in [1.82, 2.24) is 9.21 Å². The highest BCUT2D eigenvalue weighted by molar-refractivity contribution is 7.99. The fraction of sp³-hybridized carbons (Fsp3) is 0.692. The molecule has 0 N–H and O–H groups in total. The summed E-state index contributed by atoms with van der Waals surface area (Å²) >= 11 is 3.11. The maximum absolute atomic E-state index is 12.6. The lowest BCUT2D eigenvalue weighted by atomic mass is 10.2. The van der Waals surface area contributed by atoms with Crippen molar-refractivity contribution in [2.75, 3.05) is 32.4 Å². The smallest absolute Gasteiger partial charge is 0.252 e. The molecule has 1 aromatic heterocycles. The van der Waals surface area contributed by atoms with Crippen molar-refractivity contribution in [3.05, 3.63) is 17.5 Å². The molecule has 7 heteroatoms. The van der Waals surface area contributed by atoms with Gasteiger partial charge in [-0.05, 0) is 43.6 Å². The highest BCUT2D eigenvalue weighted by atomic mass is 32.2. The predicted molar refractivity (Wildman–Crippen MR) is 85.0 cm³/mol. The third-order valence-corrected chi connectivity index (χ3v) is 8.48. The van der Waals surface area contributed by atoms with Gasteiger partial charge in [-0.15, -0.1) is 11.3 Å². The molecule has 0 bridgehead atoms. The second-order valence-electron chi connectivity index (χ2n) is 5.34. The zero-order valence-electron chi connectivity index (χ0n) is 11.6. The molecule has 0 spiro atoms. The van der Waals surface area contributed by atoms with Gasteiger partial charge in [-0.2, -0.15) is 16.1 Å². The van der Waals surface area contributed by atoms with Crippen molar-refractivity contribution in [2.24, 2.45) is 0 Å². The number of hydrogen-bond donors (Lipinski definition) is 0. The van der Waals surface area contributed by atoms with Crippen LogP contribution in [0, 0.1) is 0 Å². The number of thioether (sulfide) groups is 1. The lowest BCUT2D eigenvalue weighted by Crippen LogP contribution is -2.40. The summed E-state index contributed by atoms with van der Waals surface area (Å²) < 4.78 is 27.4. The van der Waals surface area contributed by atoms with Crippen LogP contribution in [-0.2, 0) is 10.0 Å². The standard InChI is InChI=1S/C13H20N2O2S3/c1-18-12-10-15(9-11(12)14-6-2-3-7-14)20(16,17)13-5-4-8-19-13/h4-5,8,11-12H,2-3,6-7,9-10H2,1H3/t11-,12+/m0/s1. The number of sulfonamides is 1. The third-order valence-electron chi connectivity index (χ3n) is 4.21. The van der Waals surface area contributed by atoms with E-state index in [1.165, 1.54) is 24.2 Å². The zero-order chi connectivity index (χ0) is 14.2. The van der Waals surface area contributed by atoms with Gasteiger partial charge >= 0.3 is 0 Å². The lowest BCUT2D eigenvalue weighted by molar-refractivity contribution is 0.254. The van der Waals surface area contributed by atoms with Gasteiger partial charge in [0, 0.05) is 24.4 Å². The fourth-order valence-corrected chi connectivity index (χ4v) is 6.74. The first-order valence-electron chi connectivity index (χ1n) is 6.93. The Balaban J connectivity index is 1.79. The van der Waals surface area contributed by atoms with Gasteiger partial charge in [-0.3, -0.25) is 4.90 Å². The van der Waals surface area contributed by atoms with Crippen molar-refractivity contribution in [1.29, 1.82) is 0 Å². The average molecular weight is 333 g/mol. The number of likely N-dealkylation sites (tertiary alicyclic amines) is 1. The summed E-state index contributed by atoms with van der Waals surface area (Å²) in [4.78, 5) is 2.48. The quantitative estimate of drug-likeness (QED) is 0.845. The van der Waals surface area contributed by atoms with E-state index < -0.39 is 10.0 Å². The van der Waals surface area contributed by atoms with Crippen LogP contribution in [0.1, 0.15) is 12.8 Å². The Kier molecular flexibility index (Phi) is 4.42. The van der Waals surface area contributed by atoms with E-state index in [2.05, 4.69) is 11.2 Å². The Hall–Kier alpha value is -0.0800. The van der Waals surface area contributed by atoms with Crippen LogP contribution in [0.4, 0.5) is 0 Å². The van der Waals surface area contributed by atoms with E-state index in [9.17, 15) is 8.42 Å². The molecule has 0 amide bonds. The van der Waals surface area contributed by atoms with E-state index in [1.807, 2.05) is 5.38 Å². The van der Waals surface area contributed by atoms with Crippen LogP contribution in [0.15, 0.2) is 21.7 Å². The minimum Gasteiger partial charge on any atom is -0.298 e. The van der Waals surface area contributed by atoms with Gasteiger partial charge in [0.15, 0.2) is 0 Å². The van der Waals surface area contributed by atoms with Crippen LogP contribution in [0.5, 0.6) is 0 Å². The number of nitrogens with zero attached hydrogens (tertiary/aromatic N) is 2. The van der Waals surface area contributed by atoms with Crippen LogP contribution in [0.2, 0.25) is 0 Å². The maximum atomic E-state index is 12.6. The van der Waals surface area contributed by atoms with E-state index >= 15 is 0 Å². The first-order valence-corrected chi connectivity index (χ1v) is 10.5. The number of hydrogen-bond acceptors (Lipinski definition) is 5. The number of rotatable bonds is 4. The largest absolute Gasteiger partial charge is 0.298 e. The van der Waals surface area contributed by atoms with E-state index in [4.69, 9.17) is 0 Å². The average Bonchev–Trinajstić information content (AvgIpc) is 3.18. The van der Waals surface area contributed by atoms with Crippen LogP contribution < -0.4 is 0 Å². The van der Waals surface area contributed by atoms with Crippen LogP contribution in [-0.4, -0.2) is 61.3 Å². The van der Waals surface area contributed by atoms with Crippen molar-refractivity contribution in [3.63, 3.8) is 0 Å². The predicted octanol–water partition coefficient (Wildman–Crippen LogP) is 1.95. The summed E-state index contributed by atoms with van der Waals surface area (Å²) in [7, 11) is -3.29. The van der Waals surface area contributed by atoms with Gasteiger partial charge in [-0.25, -0.2) is 8.42 Å². The van der Waals surface area contributed by atoms with Gasteiger partial charge in [0.1, 0.15) is 4.21 Å². The molecule has 2 aliphatic heterocycles. The van der Waals surface area contributed by atoms with Gasteiger partial charge in [-0.1, -0.05) is 6.07 Å². The first kappa shape index (κ1) is 14.8. The van der Waals surface area contributed by atoms with Gasteiger partial charge in [0.25, 0.3) is 10.0 Å². The lowest BCUT2D eigenvalue weighted by Gasteiger charge is -2.27. The molecule has 0 radical (unpaired) electrons. The van der Waals surface area contributed by atoms with E-state index in [-0.39, 0.29) is 0 Å². The maximum Gasteiger partial charge on any atom is 0.252 e. The molecule has 20 heavy (non-hydrogen) atoms. The molecule has 2 fully saturated rings. The number of thiophene rings is 1. The molecule has 0 saturated carbocycles. The second kappa shape index (κ2) is 5.96. The van der Waals surface area contributed by atoms with Crippen LogP contribution in [0.25, 0.3) is 0 Å². The summed E-state index contributed by atoms with van der Waals surface area (Å²) in [6, 6.07) is 3.89. The third kappa shape index (κ3) is 2.66. The molecule has 1 aromatic rings. The molecule has 112 valence electrons. The second-order valence-corrected chi connectivity index (χ2v) is 9.53. The molecular formula is C13H20N2O2S3. The van der Waals surface area contributed by atoms with Gasteiger partial charge in [0.2, 0.25) is 0 Å². The van der Waals surface area contributed by atoms with Crippen molar-refractivity contribution < 1.29 is 8.42 Å². The zero-order valence-corrected chi connectivity index (χ0v) is 14.0. The Morgan fingerprint density at radius 1 is 1.30 bits per heavy atom. The highest BCUT2D eigenvalue weighted by Gasteiger charge is 2.42. The van der Waals surface area contributed by atoms with Crippen LogP contribution in [0.3, 0.4) is 0 Å². The Morgan fingerprint density at radius 3 is 2.65 bits per heavy atom. The molecule has 0 unspecified atom stereocenters. The molecule has 0 aromatic carbocycles. The molecule has 4 nitrogen and oxygen atoms in total. The molecule has 2 saturated heterocycles. The molecule has 2 atom stereocenters. The van der Waals surface area contributed by atoms with Gasteiger partial charge in [0.05, 0.1) is 0 Å². The van der Waals surface area contributed by atoms with E-state index in [0.29, 0.717) is 28.6 Å². The molecule has 3 rings (SSSR count). The van der Waals surface area contributed by atoms with Crippen LogP contribution >= 0.6 is 23.1 Å². The topological polar surface area (TPSA) is 40.6 Å². The molecule has 3 heterocycles. The summed E-state index contributed by atoms with van der Waals surface area (Å²) in [6.07, 6.45) is 4.58. The normalized spacial score (nSPS) is 29.2.